The summed E-state index contributed by atoms with van der Waals surface area (Å²) in [7, 11) is 1.34. The fourth-order valence-electron chi connectivity index (χ4n) is 2.84. The van der Waals surface area contributed by atoms with E-state index in [4.69, 9.17) is 0 Å². The van der Waals surface area contributed by atoms with E-state index in [0.717, 1.165) is 11.3 Å². The molecule has 0 unspecified atom stereocenters. The van der Waals surface area contributed by atoms with E-state index in [1.807, 2.05) is 24.3 Å². The fraction of sp³-hybridized carbons (Fsp3) is 0.250. The number of anilines is 1. The highest BCUT2D eigenvalue weighted by atomic mass is 16.5. The van der Waals surface area contributed by atoms with Crippen LogP contribution in [0.25, 0.3) is 0 Å². The van der Waals surface area contributed by atoms with Crippen molar-refractivity contribution >= 4 is 29.0 Å². The fourth-order valence-corrected chi connectivity index (χ4v) is 2.84. The first-order valence-corrected chi connectivity index (χ1v) is 8.19. The smallest absolute Gasteiger partial charge is 0.337 e. The number of hydrogen-bond donors (Lipinski definition) is 0. The van der Waals surface area contributed by atoms with E-state index in [1.165, 1.54) is 7.11 Å². The van der Waals surface area contributed by atoms with Crippen LogP contribution >= 0.6 is 0 Å². The number of fused-ring (bicyclic) bond motifs is 1. The molecule has 2 aromatic rings. The molecule has 0 aliphatic carbocycles. The molecule has 0 radical (unpaired) electrons. The molecule has 0 atom stereocenters. The summed E-state index contributed by atoms with van der Waals surface area (Å²) in [4.78, 5) is 30.7. The molecular weight excluding hydrogens is 316 g/mol. The van der Waals surface area contributed by atoms with Crippen LogP contribution in [0.15, 0.2) is 53.5 Å². The van der Waals surface area contributed by atoms with Gasteiger partial charge >= 0.3 is 5.97 Å². The normalized spacial score (nSPS) is 15.0. The van der Waals surface area contributed by atoms with Gasteiger partial charge in [0.15, 0.2) is 0 Å². The van der Waals surface area contributed by atoms with Crippen molar-refractivity contribution in [1.82, 2.24) is 0 Å². The number of nitrogens with zero attached hydrogens (tertiary/aromatic N) is 2. The van der Waals surface area contributed by atoms with E-state index in [0.29, 0.717) is 29.4 Å². The van der Waals surface area contributed by atoms with Crippen LogP contribution in [0.5, 0.6) is 0 Å². The summed E-state index contributed by atoms with van der Waals surface area (Å²) in [5.74, 6) is -0.132. The molecule has 1 aliphatic heterocycles. The third-order valence-electron chi connectivity index (χ3n) is 3.97. The van der Waals surface area contributed by atoms with Crippen molar-refractivity contribution in [1.29, 1.82) is 0 Å². The average molecular weight is 336 g/mol. The minimum absolute atomic E-state index is 0.0908. The Morgan fingerprint density at radius 2 is 1.80 bits per heavy atom. The minimum Gasteiger partial charge on any atom is -0.465 e. The summed E-state index contributed by atoms with van der Waals surface area (Å²) in [6, 6.07) is 14.4. The largest absolute Gasteiger partial charge is 0.465 e. The van der Waals surface area contributed by atoms with Crippen molar-refractivity contribution in [3.63, 3.8) is 0 Å². The Labute approximate surface area is 146 Å². The van der Waals surface area contributed by atoms with Crippen molar-refractivity contribution in [2.24, 2.45) is 10.9 Å². The summed E-state index contributed by atoms with van der Waals surface area (Å²) in [5.41, 5.74) is 3.24. The van der Waals surface area contributed by atoms with Crippen molar-refractivity contribution < 1.29 is 14.3 Å². The molecule has 5 heteroatoms. The Morgan fingerprint density at radius 1 is 1.12 bits per heavy atom. The quantitative estimate of drug-likeness (QED) is 0.802. The van der Waals surface area contributed by atoms with Gasteiger partial charge < -0.3 is 9.64 Å². The van der Waals surface area contributed by atoms with Crippen LogP contribution in [-0.4, -0.2) is 31.2 Å². The van der Waals surface area contributed by atoms with Gasteiger partial charge in [-0.15, -0.1) is 0 Å². The summed E-state index contributed by atoms with van der Waals surface area (Å²) >= 11 is 0. The SMILES string of the molecule is COC(=O)c1ccc(N=C2C(=O)N(CC(C)C)c3ccccc32)cc1. The minimum atomic E-state index is -0.399. The molecule has 1 amide bonds. The van der Waals surface area contributed by atoms with Crippen LogP contribution in [0.1, 0.15) is 29.8 Å². The van der Waals surface area contributed by atoms with Crippen LogP contribution in [0, 0.1) is 5.92 Å². The molecule has 0 bridgehead atoms. The van der Waals surface area contributed by atoms with Gasteiger partial charge in [-0.05, 0) is 36.2 Å². The molecule has 128 valence electrons. The molecule has 2 aromatic carbocycles. The zero-order valence-corrected chi connectivity index (χ0v) is 14.5. The molecule has 0 fully saturated rings. The zero-order chi connectivity index (χ0) is 18.0. The van der Waals surface area contributed by atoms with Gasteiger partial charge in [0.05, 0.1) is 24.0 Å². The lowest BCUT2D eigenvalue weighted by molar-refractivity contribution is -0.112. The van der Waals surface area contributed by atoms with E-state index < -0.39 is 5.97 Å². The first-order valence-electron chi connectivity index (χ1n) is 8.19. The molecular formula is C20H20N2O3. The van der Waals surface area contributed by atoms with Crippen LogP contribution < -0.4 is 4.90 Å². The lowest BCUT2D eigenvalue weighted by Crippen LogP contribution is -2.33. The van der Waals surface area contributed by atoms with Crippen LogP contribution in [0.4, 0.5) is 11.4 Å². The van der Waals surface area contributed by atoms with Crippen LogP contribution in [0.2, 0.25) is 0 Å². The van der Waals surface area contributed by atoms with Gasteiger partial charge in [0.25, 0.3) is 5.91 Å². The Kier molecular flexibility index (Phi) is 4.65. The highest BCUT2D eigenvalue weighted by Gasteiger charge is 2.33. The van der Waals surface area contributed by atoms with E-state index in [1.54, 1.807) is 29.2 Å². The molecule has 0 saturated heterocycles. The lowest BCUT2D eigenvalue weighted by atomic mass is 10.1. The van der Waals surface area contributed by atoms with Gasteiger partial charge in [-0.2, -0.15) is 0 Å². The van der Waals surface area contributed by atoms with Gasteiger partial charge in [-0.25, -0.2) is 9.79 Å². The topological polar surface area (TPSA) is 59.0 Å². The summed E-state index contributed by atoms with van der Waals surface area (Å²) in [6.45, 7) is 4.81. The van der Waals surface area contributed by atoms with Gasteiger partial charge in [0.1, 0.15) is 5.71 Å². The van der Waals surface area contributed by atoms with Gasteiger partial charge in [-0.3, -0.25) is 4.79 Å². The lowest BCUT2D eigenvalue weighted by Gasteiger charge is -2.18. The number of carbonyl (C=O) groups excluding carboxylic acids is 2. The number of esters is 1. The number of rotatable bonds is 4. The number of hydrogen-bond acceptors (Lipinski definition) is 4. The predicted molar refractivity (Wildman–Crippen MR) is 97.6 cm³/mol. The molecule has 3 rings (SSSR count). The van der Waals surface area contributed by atoms with Crippen LogP contribution in [0.3, 0.4) is 0 Å². The third kappa shape index (κ3) is 3.31. The van der Waals surface area contributed by atoms with Crippen molar-refractivity contribution in [3.05, 3.63) is 59.7 Å². The van der Waals surface area contributed by atoms with E-state index in [-0.39, 0.29) is 5.91 Å². The van der Waals surface area contributed by atoms with Crippen molar-refractivity contribution in [3.8, 4) is 0 Å². The first-order chi connectivity index (χ1) is 12.0. The maximum absolute atomic E-state index is 12.8. The summed E-state index contributed by atoms with van der Waals surface area (Å²) < 4.78 is 4.69. The average Bonchev–Trinajstić information content (AvgIpc) is 2.87. The second-order valence-corrected chi connectivity index (χ2v) is 6.33. The molecule has 5 nitrogen and oxygen atoms in total. The van der Waals surface area contributed by atoms with Crippen molar-refractivity contribution in [2.45, 2.75) is 13.8 Å². The number of para-hydroxylation sites is 1. The molecule has 1 heterocycles. The molecule has 0 spiro atoms. The van der Waals surface area contributed by atoms with Gasteiger partial charge in [0.2, 0.25) is 0 Å². The highest BCUT2D eigenvalue weighted by molar-refractivity contribution is 6.54. The molecule has 0 N–H and O–H groups in total. The second-order valence-electron chi connectivity index (χ2n) is 6.33. The predicted octanol–water partition coefficient (Wildman–Crippen LogP) is 3.60. The van der Waals surface area contributed by atoms with Gasteiger partial charge in [0, 0.05) is 12.1 Å². The summed E-state index contributed by atoms with van der Waals surface area (Å²) in [5, 5.41) is 0. The Bertz CT molecular complexity index is 838. The maximum Gasteiger partial charge on any atom is 0.337 e. The Hall–Kier alpha value is -2.95. The Morgan fingerprint density at radius 3 is 2.44 bits per heavy atom. The summed E-state index contributed by atoms with van der Waals surface area (Å²) in [6.07, 6.45) is 0. The van der Waals surface area contributed by atoms with E-state index in [9.17, 15) is 9.59 Å². The number of aliphatic imine (C=N–C) groups is 1. The third-order valence-corrected chi connectivity index (χ3v) is 3.97. The number of amides is 1. The second kappa shape index (κ2) is 6.89. The zero-order valence-electron chi connectivity index (χ0n) is 14.5. The van der Waals surface area contributed by atoms with E-state index in [2.05, 4.69) is 23.6 Å². The number of methoxy groups -OCH3 is 1. The standard InChI is InChI=1S/C20H20N2O3/c1-13(2)12-22-17-7-5-4-6-16(17)18(19(22)23)21-15-10-8-14(9-11-15)20(24)25-3/h4-11,13H,12H2,1-3H3. The van der Waals surface area contributed by atoms with Gasteiger partial charge in [-0.1, -0.05) is 32.0 Å². The molecule has 0 saturated carbocycles. The molecule has 0 aromatic heterocycles. The maximum atomic E-state index is 12.8. The molecule has 25 heavy (non-hydrogen) atoms. The van der Waals surface area contributed by atoms with E-state index >= 15 is 0 Å². The molecule has 1 aliphatic rings. The van der Waals surface area contributed by atoms with Crippen LogP contribution in [-0.2, 0) is 9.53 Å². The number of benzene rings is 2. The monoisotopic (exact) mass is 336 g/mol. The highest BCUT2D eigenvalue weighted by Crippen LogP contribution is 2.31. The number of carbonyl (C=O) groups is 2. The Balaban J connectivity index is 1.97. The number of ether oxygens (including phenoxy) is 1. The van der Waals surface area contributed by atoms with Crippen molar-refractivity contribution in [2.75, 3.05) is 18.6 Å². The first kappa shape index (κ1) is 16.9.